The van der Waals surface area contributed by atoms with Crippen molar-refractivity contribution in [3.05, 3.63) is 11.1 Å². The number of nitrogens with two attached hydrogens (primary N) is 1. The largest absolute Gasteiger partial charge is 0.398 e. The van der Waals surface area contributed by atoms with Crippen molar-refractivity contribution in [3.8, 4) is 0 Å². The van der Waals surface area contributed by atoms with E-state index < -0.39 is 34.2 Å². The minimum absolute atomic E-state index is 0.0427. The third-order valence-electron chi connectivity index (χ3n) is 2.93. The molecule has 24 heavy (non-hydrogen) atoms. The van der Waals surface area contributed by atoms with Gasteiger partial charge in [-0.1, -0.05) is 5.16 Å². The first-order chi connectivity index (χ1) is 11.2. The van der Waals surface area contributed by atoms with Crippen LogP contribution in [-0.2, 0) is 29.5 Å². The molecule has 4 N–H and O–H groups in total. The van der Waals surface area contributed by atoms with Crippen LogP contribution in [0.2, 0.25) is 0 Å². The molecule has 1 aliphatic heterocycles. The first-order valence-electron chi connectivity index (χ1n) is 6.10. The molecule has 1 fully saturated rings. The number of carbonyl (C=O) groups is 3. The van der Waals surface area contributed by atoms with Crippen molar-refractivity contribution < 1.29 is 32.2 Å². The van der Waals surface area contributed by atoms with Crippen LogP contribution in [0.15, 0.2) is 10.5 Å². The van der Waals surface area contributed by atoms with E-state index in [2.05, 4.69) is 20.3 Å². The van der Waals surface area contributed by atoms with E-state index in [1.54, 1.807) is 0 Å². The van der Waals surface area contributed by atoms with E-state index in [4.69, 9.17) is 10.3 Å². The van der Waals surface area contributed by atoms with Gasteiger partial charge >= 0.3 is 10.3 Å². The van der Waals surface area contributed by atoms with Gasteiger partial charge in [0.25, 0.3) is 11.8 Å². The maximum Gasteiger partial charge on any atom is 0.362 e. The Bertz CT molecular complexity index is 817. The van der Waals surface area contributed by atoms with Crippen LogP contribution < -0.4 is 11.1 Å². The number of anilines is 1. The van der Waals surface area contributed by atoms with Crippen molar-refractivity contribution in [2.45, 2.75) is 12.1 Å². The minimum Gasteiger partial charge on any atom is -0.398 e. The fourth-order valence-electron chi connectivity index (χ4n) is 1.93. The third-order valence-corrected chi connectivity index (χ3v) is 4.53. The normalized spacial score (nSPS) is 21.2. The van der Waals surface area contributed by atoms with E-state index in [0.717, 1.165) is 11.3 Å². The van der Waals surface area contributed by atoms with Crippen LogP contribution in [0, 0.1) is 0 Å². The maximum absolute atomic E-state index is 12.2. The monoisotopic (exact) mass is 377 g/mol. The summed E-state index contributed by atoms with van der Waals surface area (Å²) in [4.78, 5) is 43.3. The topological polar surface area (TPSA) is 181 Å². The zero-order chi connectivity index (χ0) is 18.1. The van der Waals surface area contributed by atoms with Crippen molar-refractivity contribution >= 4 is 50.6 Å². The minimum atomic E-state index is -4.91. The number of rotatable bonds is 6. The Morgan fingerprint density at radius 1 is 1.62 bits per heavy atom. The van der Waals surface area contributed by atoms with Gasteiger partial charge in [-0.2, -0.15) is 8.42 Å². The van der Waals surface area contributed by atoms with Crippen LogP contribution in [0.3, 0.4) is 0 Å². The van der Waals surface area contributed by atoms with Crippen LogP contribution in [-0.4, -0.2) is 65.3 Å². The Labute approximate surface area is 139 Å². The molecule has 0 radical (unpaired) electrons. The number of aromatic nitrogens is 1. The lowest BCUT2D eigenvalue weighted by atomic mass is 10.00. The summed E-state index contributed by atoms with van der Waals surface area (Å²) in [7, 11) is -3.73. The van der Waals surface area contributed by atoms with Crippen molar-refractivity contribution in [2.24, 2.45) is 5.16 Å². The average molecular weight is 377 g/mol. The molecule has 2 atom stereocenters. The summed E-state index contributed by atoms with van der Waals surface area (Å²) >= 11 is 1.03. The van der Waals surface area contributed by atoms with Gasteiger partial charge in [-0.05, 0) is 0 Å². The predicted octanol–water partition coefficient (Wildman–Crippen LogP) is -2.23. The Kier molecular flexibility index (Phi) is 4.81. The molecule has 0 unspecified atom stereocenters. The molecule has 0 aliphatic carbocycles. The molecule has 2 rings (SSSR count). The zero-order valence-corrected chi connectivity index (χ0v) is 13.6. The smallest absolute Gasteiger partial charge is 0.362 e. The third kappa shape index (κ3) is 3.19. The van der Waals surface area contributed by atoms with E-state index >= 15 is 0 Å². The summed E-state index contributed by atoms with van der Waals surface area (Å²) < 4.78 is 30.8. The SMILES string of the molecule is CO/N=C(\C(=O)N[C@@H]1C(=O)N(S(=O)(=O)O)[C@@H]1C=O)c1csc(N)n1. The Balaban J connectivity index is 2.21. The summed E-state index contributed by atoms with van der Waals surface area (Å²) in [5.41, 5.74) is 5.20. The standard InChI is InChI=1S/C10H11N5O7S2/c1-22-14-6(4-3-23-10(11)12-4)8(17)13-7-5(2-16)15(9(7)18)24(19,20)21/h2-3,5,7H,1H3,(H2,11,12)(H,13,17)(H,19,20,21)/b14-6-/t5-,7+/m1/s1. The maximum atomic E-state index is 12.2. The number of β-lactam (4-membered cyclic amide) rings is 1. The molecule has 0 bridgehead atoms. The number of nitrogen functional groups attached to an aromatic ring is 1. The summed E-state index contributed by atoms with van der Waals surface area (Å²) in [5, 5.41) is 7.18. The van der Waals surface area contributed by atoms with Gasteiger partial charge in [-0.3, -0.25) is 14.1 Å². The van der Waals surface area contributed by atoms with Crippen LogP contribution in [0.25, 0.3) is 0 Å². The van der Waals surface area contributed by atoms with Gasteiger partial charge in [0.15, 0.2) is 10.8 Å². The Morgan fingerprint density at radius 3 is 2.75 bits per heavy atom. The number of amides is 2. The van der Waals surface area contributed by atoms with Gasteiger partial charge in [0.05, 0.1) is 0 Å². The fourth-order valence-corrected chi connectivity index (χ4v) is 3.30. The lowest BCUT2D eigenvalue weighted by molar-refractivity contribution is -0.147. The number of oxime groups is 1. The van der Waals surface area contributed by atoms with Gasteiger partial charge in [0.1, 0.15) is 31.2 Å². The average Bonchev–Trinajstić information content (AvgIpc) is 2.91. The van der Waals surface area contributed by atoms with Crippen molar-refractivity contribution in [3.63, 3.8) is 0 Å². The van der Waals surface area contributed by atoms with Crippen molar-refractivity contribution in [1.82, 2.24) is 14.6 Å². The van der Waals surface area contributed by atoms with Crippen LogP contribution >= 0.6 is 11.3 Å². The molecular weight excluding hydrogens is 366 g/mol. The summed E-state index contributed by atoms with van der Waals surface area (Å²) in [6, 6.07) is -3.05. The van der Waals surface area contributed by atoms with Gasteiger partial charge in [0, 0.05) is 5.38 Å². The number of thiazole rings is 1. The molecule has 14 heteroatoms. The number of aldehydes is 1. The van der Waals surface area contributed by atoms with E-state index in [0.29, 0.717) is 0 Å². The highest BCUT2D eigenvalue weighted by molar-refractivity contribution is 7.84. The van der Waals surface area contributed by atoms with Crippen LogP contribution in [0.5, 0.6) is 0 Å². The highest BCUT2D eigenvalue weighted by Gasteiger charge is 2.54. The quantitative estimate of drug-likeness (QED) is 0.162. The first kappa shape index (κ1) is 17.8. The molecule has 1 aliphatic rings. The second-order valence-electron chi connectivity index (χ2n) is 4.38. The summed E-state index contributed by atoms with van der Waals surface area (Å²) in [6.07, 6.45) is 0.105. The van der Waals surface area contributed by atoms with E-state index in [9.17, 15) is 22.8 Å². The molecule has 2 heterocycles. The molecule has 1 saturated heterocycles. The number of hydrogen-bond acceptors (Lipinski definition) is 10. The molecule has 0 aromatic carbocycles. The fraction of sp³-hybridized carbons (Fsp3) is 0.300. The second-order valence-corrected chi connectivity index (χ2v) is 6.56. The van der Waals surface area contributed by atoms with Crippen LogP contribution in [0.4, 0.5) is 5.13 Å². The highest BCUT2D eigenvalue weighted by atomic mass is 32.2. The highest BCUT2D eigenvalue weighted by Crippen LogP contribution is 2.22. The Morgan fingerprint density at radius 2 is 2.29 bits per heavy atom. The molecule has 12 nitrogen and oxygen atoms in total. The number of hydrogen-bond donors (Lipinski definition) is 3. The zero-order valence-electron chi connectivity index (χ0n) is 11.9. The number of nitrogens with zero attached hydrogens (tertiary/aromatic N) is 3. The summed E-state index contributed by atoms with van der Waals surface area (Å²) in [6.45, 7) is 0. The van der Waals surface area contributed by atoms with Crippen molar-refractivity contribution in [2.75, 3.05) is 12.8 Å². The Hall–Kier alpha value is -2.58. The molecule has 1 aromatic heterocycles. The molecule has 1 aromatic rings. The molecular formula is C10H11N5O7S2. The lowest BCUT2D eigenvalue weighted by Crippen LogP contribution is -2.72. The van der Waals surface area contributed by atoms with Crippen LogP contribution in [0.1, 0.15) is 5.69 Å². The van der Waals surface area contributed by atoms with E-state index in [1.807, 2.05) is 0 Å². The number of nitrogens with one attached hydrogen (secondary N) is 1. The molecule has 130 valence electrons. The first-order valence-corrected chi connectivity index (χ1v) is 8.37. The van der Waals surface area contributed by atoms with Gasteiger partial charge < -0.3 is 20.7 Å². The lowest BCUT2D eigenvalue weighted by Gasteiger charge is -2.40. The second kappa shape index (κ2) is 6.50. The predicted molar refractivity (Wildman–Crippen MR) is 80.2 cm³/mol. The van der Waals surface area contributed by atoms with Gasteiger partial charge in [0.2, 0.25) is 0 Å². The van der Waals surface area contributed by atoms with E-state index in [1.165, 1.54) is 12.5 Å². The summed E-state index contributed by atoms with van der Waals surface area (Å²) in [5.74, 6) is -2.11. The van der Waals surface area contributed by atoms with Crippen molar-refractivity contribution in [1.29, 1.82) is 0 Å². The molecule has 0 spiro atoms. The van der Waals surface area contributed by atoms with E-state index in [-0.39, 0.29) is 27.1 Å². The molecule has 0 saturated carbocycles. The molecule has 2 amide bonds. The van der Waals surface area contributed by atoms with Gasteiger partial charge in [-0.15, -0.1) is 11.3 Å². The number of carbonyl (C=O) groups excluding carboxylic acids is 3. The van der Waals surface area contributed by atoms with Gasteiger partial charge in [-0.25, -0.2) is 9.29 Å².